The Morgan fingerprint density at radius 2 is 2.33 bits per heavy atom. The summed E-state index contributed by atoms with van der Waals surface area (Å²) in [6, 6.07) is 3.73. The van der Waals surface area contributed by atoms with Crippen molar-refractivity contribution in [1.82, 2.24) is 10.3 Å². The number of hydrogen-bond donors (Lipinski definition) is 2. The van der Waals surface area contributed by atoms with Crippen LogP contribution in [0.25, 0.3) is 0 Å². The summed E-state index contributed by atoms with van der Waals surface area (Å²) < 4.78 is 0. The van der Waals surface area contributed by atoms with Crippen LogP contribution in [-0.4, -0.2) is 17.4 Å². The van der Waals surface area contributed by atoms with Crippen molar-refractivity contribution in [2.45, 2.75) is 13.5 Å². The second-order valence-corrected chi connectivity index (χ2v) is 4.55. The molecule has 0 saturated carbocycles. The highest BCUT2D eigenvalue weighted by atomic mass is 32.1. The molecule has 0 fully saturated rings. The van der Waals surface area contributed by atoms with Crippen LogP contribution in [0.3, 0.4) is 0 Å². The van der Waals surface area contributed by atoms with E-state index >= 15 is 0 Å². The zero-order valence-electron chi connectivity index (χ0n) is 10.1. The standard InChI is InChI=1S/C13H15N3OS/c1-2-15-12-8-14-5-3-11(12)13(17)16-7-10-4-6-18-9-10/h3-6,8-9,15H,2,7H2,1H3,(H,16,17). The van der Waals surface area contributed by atoms with Gasteiger partial charge >= 0.3 is 0 Å². The number of thiophene rings is 1. The molecule has 0 aliphatic rings. The molecule has 1 amide bonds. The number of amides is 1. The van der Waals surface area contributed by atoms with E-state index in [9.17, 15) is 4.79 Å². The van der Waals surface area contributed by atoms with Gasteiger partial charge in [0.25, 0.3) is 5.91 Å². The van der Waals surface area contributed by atoms with Gasteiger partial charge in [0.15, 0.2) is 0 Å². The number of carbonyl (C=O) groups is 1. The number of hydrogen-bond acceptors (Lipinski definition) is 4. The monoisotopic (exact) mass is 261 g/mol. The van der Waals surface area contributed by atoms with Gasteiger partial charge in [-0.25, -0.2) is 0 Å². The first kappa shape index (κ1) is 12.6. The maximum atomic E-state index is 12.1. The SMILES string of the molecule is CCNc1cnccc1C(=O)NCc1ccsc1. The summed E-state index contributed by atoms with van der Waals surface area (Å²) in [5.41, 5.74) is 2.51. The van der Waals surface area contributed by atoms with E-state index in [1.807, 2.05) is 23.8 Å². The van der Waals surface area contributed by atoms with E-state index < -0.39 is 0 Å². The van der Waals surface area contributed by atoms with Crippen LogP contribution in [0.4, 0.5) is 5.69 Å². The van der Waals surface area contributed by atoms with Crippen molar-refractivity contribution < 1.29 is 4.79 Å². The lowest BCUT2D eigenvalue weighted by Crippen LogP contribution is -2.23. The lowest BCUT2D eigenvalue weighted by molar-refractivity contribution is 0.0951. The number of aromatic nitrogens is 1. The van der Waals surface area contributed by atoms with Gasteiger partial charge in [0.05, 0.1) is 17.4 Å². The van der Waals surface area contributed by atoms with Crippen LogP contribution < -0.4 is 10.6 Å². The van der Waals surface area contributed by atoms with Crippen molar-refractivity contribution in [3.05, 3.63) is 46.4 Å². The van der Waals surface area contributed by atoms with Crippen molar-refractivity contribution in [2.75, 3.05) is 11.9 Å². The van der Waals surface area contributed by atoms with E-state index in [0.717, 1.165) is 17.8 Å². The van der Waals surface area contributed by atoms with Gasteiger partial charge in [-0.15, -0.1) is 0 Å². The molecular formula is C13H15N3OS. The van der Waals surface area contributed by atoms with Gasteiger partial charge in [-0.3, -0.25) is 9.78 Å². The number of rotatable bonds is 5. The molecule has 2 aromatic rings. The van der Waals surface area contributed by atoms with Gasteiger partial charge in [0.1, 0.15) is 0 Å². The number of nitrogens with zero attached hydrogens (tertiary/aromatic N) is 1. The van der Waals surface area contributed by atoms with Crippen molar-refractivity contribution in [3.63, 3.8) is 0 Å². The third kappa shape index (κ3) is 3.07. The van der Waals surface area contributed by atoms with E-state index in [0.29, 0.717) is 12.1 Å². The van der Waals surface area contributed by atoms with E-state index in [1.54, 1.807) is 29.8 Å². The first-order valence-electron chi connectivity index (χ1n) is 5.78. The molecule has 2 heterocycles. The van der Waals surface area contributed by atoms with Gasteiger partial charge in [-0.2, -0.15) is 11.3 Å². The predicted octanol–water partition coefficient (Wildman–Crippen LogP) is 2.50. The van der Waals surface area contributed by atoms with Crippen LogP contribution in [0.1, 0.15) is 22.8 Å². The molecule has 0 bridgehead atoms. The van der Waals surface area contributed by atoms with Crippen molar-refractivity contribution in [1.29, 1.82) is 0 Å². The summed E-state index contributed by atoms with van der Waals surface area (Å²) in [5.74, 6) is -0.0837. The molecule has 4 nitrogen and oxygen atoms in total. The fraction of sp³-hybridized carbons (Fsp3) is 0.231. The molecular weight excluding hydrogens is 246 g/mol. The van der Waals surface area contributed by atoms with E-state index in [1.165, 1.54) is 0 Å². The molecule has 0 unspecified atom stereocenters. The van der Waals surface area contributed by atoms with Gasteiger partial charge in [-0.1, -0.05) is 0 Å². The summed E-state index contributed by atoms with van der Waals surface area (Å²) in [5, 5.41) is 10.1. The van der Waals surface area contributed by atoms with Gasteiger partial charge in [0.2, 0.25) is 0 Å². The Bertz CT molecular complexity index is 511. The van der Waals surface area contributed by atoms with Crippen LogP contribution in [0.15, 0.2) is 35.3 Å². The van der Waals surface area contributed by atoms with Crippen LogP contribution in [0.5, 0.6) is 0 Å². The quantitative estimate of drug-likeness (QED) is 0.869. The molecule has 0 radical (unpaired) electrons. The molecule has 18 heavy (non-hydrogen) atoms. The zero-order chi connectivity index (χ0) is 12.8. The largest absolute Gasteiger partial charge is 0.383 e. The van der Waals surface area contributed by atoms with Crippen molar-refractivity contribution in [3.8, 4) is 0 Å². The van der Waals surface area contributed by atoms with E-state index in [2.05, 4.69) is 15.6 Å². The van der Waals surface area contributed by atoms with Crippen LogP contribution in [-0.2, 0) is 6.54 Å². The Hall–Kier alpha value is -1.88. The maximum Gasteiger partial charge on any atom is 0.253 e. The molecule has 0 atom stereocenters. The molecule has 94 valence electrons. The smallest absolute Gasteiger partial charge is 0.253 e. The molecule has 0 aliphatic carbocycles. The predicted molar refractivity (Wildman–Crippen MR) is 73.9 cm³/mol. The first-order chi connectivity index (χ1) is 8.81. The summed E-state index contributed by atoms with van der Waals surface area (Å²) >= 11 is 1.62. The van der Waals surface area contributed by atoms with E-state index in [4.69, 9.17) is 0 Å². The Kier molecular flexibility index (Phi) is 4.30. The average Bonchev–Trinajstić information content (AvgIpc) is 2.90. The molecule has 2 rings (SSSR count). The molecule has 0 spiro atoms. The molecule has 2 aromatic heterocycles. The Morgan fingerprint density at radius 1 is 1.44 bits per heavy atom. The Morgan fingerprint density at radius 3 is 3.06 bits per heavy atom. The summed E-state index contributed by atoms with van der Waals surface area (Å²) in [6.45, 7) is 3.30. The Labute approximate surface area is 110 Å². The van der Waals surface area contributed by atoms with Gasteiger partial charge < -0.3 is 10.6 Å². The number of nitrogens with one attached hydrogen (secondary N) is 2. The van der Waals surface area contributed by atoms with E-state index in [-0.39, 0.29) is 5.91 Å². The summed E-state index contributed by atoms with van der Waals surface area (Å²) in [7, 11) is 0. The van der Waals surface area contributed by atoms with Crippen LogP contribution in [0.2, 0.25) is 0 Å². The average molecular weight is 261 g/mol. The lowest BCUT2D eigenvalue weighted by Gasteiger charge is -2.09. The fourth-order valence-corrected chi connectivity index (χ4v) is 2.26. The zero-order valence-corrected chi connectivity index (χ0v) is 11.0. The highest BCUT2D eigenvalue weighted by Gasteiger charge is 2.10. The number of pyridine rings is 1. The highest BCUT2D eigenvalue weighted by molar-refractivity contribution is 7.07. The number of anilines is 1. The normalized spacial score (nSPS) is 10.1. The fourth-order valence-electron chi connectivity index (χ4n) is 1.59. The van der Waals surface area contributed by atoms with Crippen molar-refractivity contribution >= 4 is 22.9 Å². The van der Waals surface area contributed by atoms with Gasteiger partial charge in [-0.05, 0) is 35.4 Å². The second-order valence-electron chi connectivity index (χ2n) is 3.77. The maximum absolute atomic E-state index is 12.1. The minimum absolute atomic E-state index is 0.0837. The minimum atomic E-state index is -0.0837. The Balaban J connectivity index is 2.04. The third-order valence-corrected chi connectivity index (χ3v) is 3.20. The third-order valence-electron chi connectivity index (χ3n) is 2.47. The van der Waals surface area contributed by atoms with Crippen LogP contribution in [0, 0.1) is 0 Å². The summed E-state index contributed by atoms with van der Waals surface area (Å²) in [6.07, 6.45) is 3.29. The molecule has 0 saturated heterocycles. The number of carbonyl (C=O) groups excluding carboxylic acids is 1. The molecule has 5 heteroatoms. The highest BCUT2D eigenvalue weighted by Crippen LogP contribution is 2.13. The molecule has 2 N–H and O–H groups in total. The lowest BCUT2D eigenvalue weighted by atomic mass is 10.2. The topological polar surface area (TPSA) is 54.0 Å². The minimum Gasteiger partial charge on any atom is -0.383 e. The second kappa shape index (κ2) is 6.16. The molecule has 0 aliphatic heterocycles. The van der Waals surface area contributed by atoms with Crippen molar-refractivity contribution in [2.24, 2.45) is 0 Å². The summed E-state index contributed by atoms with van der Waals surface area (Å²) in [4.78, 5) is 16.1. The first-order valence-corrected chi connectivity index (χ1v) is 6.72. The molecule has 0 aromatic carbocycles. The van der Waals surface area contributed by atoms with Gasteiger partial charge in [0, 0.05) is 19.3 Å². The van der Waals surface area contributed by atoms with Crippen LogP contribution >= 0.6 is 11.3 Å².